The summed E-state index contributed by atoms with van der Waals surface area (Å²) in [4.78, 5) is 34.9. The number of hydrogen-bond donors (Lipinski definition) is 1. The Balaban J connectivity index is 1.70. The highest BCUT2D eigenvalue weighted by Crippen LogP contribution is 2.24. The predicted octanol–water partition coefficient (Wildman–Crippen LogP) is 3.76. The molecule has 2 heterocycles. The zero-order chi connectivity index (χ0) is 23.5. The van der Waals surface area contributed by atoms with E-state index in [1.54, 1.807) is 66.0 Å². The van der Waals surface area contributed by atoms with Crippen molar-refractivity contribution in [3.05, 3.63) is 93.5 Å². The number of carbonyl (C=O) groups excluding carboxylic acids is 1. The molecular weight excluding hydrogens is 423 g/mol. The number of halogens is 1. The predicted molar refractivity (Wildman–Crippen MR) is 124 cm³/mol. The maximum absolute atomic E-state index is 14.4. The van der Waals surface area contributed by atoms with E-state index in [0.717, 1.165) is 5.69 Å². The molecule has 0 aliphatic heterocycles. The molecule has 0 unspecified atom stereocenters. The van der Waals surface area contributed by atoms with E-state index in [9.17, 15) is 14.0 Å². The SMILES string of the molecule is COCCN(Cc1nc2ccccc2c(=O)[nH]1)C(=O)c1cc(C)n(-c2ccccc2F)c1C. The molecule has 33 heavy (non-hydrogen) atoms. The fourth-order valence-corrected chi connectivity index (χ4v) is 4.00. The number of ether oxygens (including phenoxy) is 1. The summed E-state index contributed by atoms with van der Waals surface area (Å²) >= 11 is 0. The quantitative estimate of drug-likeness (QED) is 0.467. The minimum absolute atomic E-state index is 0.103. The van der Waals surface area contributed by atoms with Crippen LogP contribution in [0.4, 0.5) is 4.39 Å². The molecular formula is C25H25FN4O3. The van der Waals surface area contributed by atoms with Gasteiger partial charge in [-0.05, 0) is 44.2 Å². The van der Waals surface area contributed by atoms with Crippen LogP contribution in [0, 0.1) is 19.7 Å². The molecule has 1 N–H and O–H groups in total. The Morgan fingerprint density at radius 3 is 2.64 bits per heavy atom. The number of aromatic amines is 1. The molecule has 0 aliphatic carbocycles. The second-order valence-electron chi connectivity index (χ2n) is 7.82. The molecule has 2 aromatic heterocycles. The second-order valence-corrected chi connectivity index (χ2v) is 7.82. The van der Waals surface area contributed by atoms with Crippen molar-refractivity contribution in [2.24, 2.45) is 0 Å². The minimum atomic E-state index is -0.368. The van der Waals surface area contributed by atoms with Gasteiger partial charge in [-0.25, -0.2) is 9.37 Å². The summed E-state index contributed by atoms with van der Waals surface area (Å²) in [5.74, 6) is -0.239. The molecule has 1 amide bonds. The lowest BCUT2D eigenvalue weighted by molar-refractivity contribution is 0.0674. The standard InChI is InChI=1S/C25H25FN4O3/c1-16-14-19(17(2)30(16)22-11-7-5-9-20(22)26)25(32)29(12-13-33-3)15-23-27-21-10-6-4-8-18(21)24(31)28-23/h4-11,14H,12-13,15H2,1-3H3,(H,27,28,31). The fourth-order valence-electron chi connectivity index (χ4n) is 4.00. The number of H-pyrrole nitrogens is 1. The molecule has 170 valence electrons. The zero-order valence-corrected chi connectivity index (χ0v) is 18.8. The number of rotatable bonds is 7. The number of benzene rings is 2. The molecule has 8 heteroatoms. The van der Waals surface area contributed by atoms with Gasteiger partial charge in [0.15, 0.2) is 0 Å². The Hall–Kier alpha value is -3.78. The maximum Gasteiger partial charge on any atom is 0.258 e. The lowest BCUT2D eigenvalue weighted by Crippen LogP contribution is -2.35. The van der Waals surface area contributed by atoms with Crippen molar-refractivity contribution in [1.29, 1.82) is 0 Å². The summed E-state index contributed by atoms with van der Waals surface area (Å²) in [5, 5.41) is 0.490. The van der Waals surface area contributed by atoms with Crippen molar-refractivity contribution < 1.29 is 13.9 Å². The highest BCUT2D eigenvalue weighted by molar-refractivity contribution is 5.96. The van der Waals surface area contributed by atoms with Gasteiger partial charge in [-0.15, -0.1) is 0 Å². The zero-order valence-electron chi connectivity index (χ0n) is 18.8. The van der Waals surface area contributed by atoms with Gasteiger partial charge in [0.25, 0.3) is 11.5 Å². The van der Waals surface area contributed by atoms with Crippen molar-refractivity contribution in [3.8, 4) is 5.69 Å². The Morgan fingerprint density at radius 2 is 1.88 bits per heavy atom. The van der Waals surface area contributed by atoms with Gasteiger partial charge in [0, 0.05) is 25.0 Å². The summed E-state index contributed by atoms with van der Waals surface area (Å²) in [5.41, 5.74) is 2.51. The number of fused-ring (bicyclic) bond motifs is 1. The van der Waals surface area contributed by atoms with Gasteiger partial charge in [-0.2, -0.15) is 0 Å². The molecule has 2 aromatic carbocycles. The van der Waals surface area contributed by atoms with Crippen LogP contribution < -0.4 is 5.56 Å². The number of carbonyl (C=O) groups is 1. The molecule has 0 atom stereocenters. The molecule has 0 fully saturated rings. The minimum Gasteiger partial charge on any atom is -0.383 e. The van der Waals surface area contributed by atoms with Crippen molar-refractivity contribution in [2.45, 2.75) is 20.4 Å². The molecule has 0 spiro atoms. The van der Waals surface area contributed by atoms with Crippen LogP contribution in [0.3, 0.4) is 0 Å². The maximum atomic E-state index is 14.4. The average Bonchev–Trinajstić information content (AvgIpc) is 3.10. The monoisotopic (exact) mass is 448 g/mol. The molecule has 0 aliphatic rings. The number of nitrogens with one attached hydrogen (secondary N) is 1. The van der Waals surface area contributed by atoms with Crippen LogP contribution in [0.25, 0.3) is 16.6 Å². The number of nitrogens with zero attached hydrogens (tertiary/aromatic N) is 3. The Labute approximate surface area is 190 Å². The highest BCUT2D eigenvalue weighted by Gasteiger charge is 2.23. The first-order valence-electron chi connectivity index (χ1n) is 10.6. The lowest BCUT2D eigenvalue weighted by atomic mass is 10.2. The van der Waals surface area contributed by atoms with E-state index < -0.39 is 0 Å². The number of methoxy groups -OCH3 is 1. The smallest absolute Gasteiger partial charge is 0.258 e. The first-order valence-corrected chi connectivity index (χ1v) is 10.6. The van der Waals surface area contributed by atoms with E-state index in [2.05, 4.69) is 9.97 Å². The van der Waals surface area contributed by atoms with Crippen LogP contribution in [0.2, 0.25) is 0 Å². The Kier molecular flexibility index (Phi) is 6.37. The van der Waals surface area contributed by atoms with Crippen LogP contribution in [0.1, 0.15) is 27.6 Å². The number of para-hydroxylation sites is 2. The van der Waals surface area contributed by atoms with Gasteiger partial charge in [0.1, 0.15) is 11.6 Å². The topological polar surface area (TPSA) is 80.2 Å². The van der Waals surface area contributed by atoms with Gasteiger partial charge >= 0.3 is 0 Å². The van der Waals surface area contributed by atoms with Crippen LogP contribution in [-0.2, 0) is 11.3 Å². The normalized spacial score (nSPS) is 11.2. The van der Waals surface area contributed by atoms with Crippen molar-refractivity contribution in [2.75, 3.05) is 20.3 Å². The molecule has 0 radical (unpaired) electrons. The van der Waals surface area contributed by atoms with E-state index in [4.69, 9.17) is 4.74 Å². The number of amides is 1. The largest absolute Gasteiger partial charge is 0.383 e. The Bertz CT molecular complexity index is 1380. The molecule has 0 bridgehead atoms. The highest BCUT2D eigenvalue weighted by atomic mass is 19.1. The molecule has 0 saturated heterocycles. The van der Waals surface area contributed by atoms with Crippen LogP contribution in [0.5, 0.6) is 0 Å². The van der Waals surface area contributed by atoms with Gasteiger partial charge in [-0.1, -0.05) is 24.3 Å². The van der Waals surface area contributed by atoms with E-state index >= 15 is 0 Å². The third-order valence-corrected chi connectivity index (χ3v) is 5.61. The van der Waals surface area contributed by atoms with Gasteiger partial charge < -0.3 is 19.2 Å². The van der Waals surface area contributed by atoms with Crippen LogP contribution in [0.15, 0.2) is 59.4 Å². The molecule has 4 aromatic rings. The first-order chi connectivity index (χ1) is 15.9. The Morgan fingerprint density at radius 1 is 1.15 bits per heavy atom. The summed E-state index contributed by atoms with van der Waals surface area (Å²) in [6.07, 6.45) is 0. The number of aryl methyl sites for hydroxylation is 1. The summed E-state index contributed by atoms with van der Waals surface area (Å²) in [6.45, 7) is 4.34. The molecule has 7 nitrogen and oxygen atoms in total. The van der Waals surface area contributed by atoms with Gasteiger partial charge in [-0.3, -0.25) is 9.59 Å². The van der Waals surface area contributed by atoms with Crippen molar-refractivity contribution in [1.82, 2.24) is 19.4 Å². The lowest BCUT2D eigenvalue weighted by Gasteiger charge is -2.22. The van der Waals surface area contributed by atoms with Crippen molar-refractivity contribution >= 4 is 16.8 Å². The van der Waals surface area contributed by atoms with E-state index in [-0.39, 0.29) is 23.8 Å². The number of hydrogen-bond acceptors (Lipinski definition) is 4. The average molecular weight is 448 g/mol. The van der Waals surface area contributed by atoms with Gasteiger partial charge in [0.2, 0.25) is 0 Å². The van der Waals surface area contributed by atoms with Gasteiger partial charge in [0.05, 0.1) is 35.3 Å². The van der Waals surface area contributed by atoms with Crippen molar-refractivity contribution in [3.63, 3.8) is 0 Å². The third-order valence-electron chi connectivity index (χ3n) is 5.61. The molecule has 4 rings (SSSR count). The second kappa shape index (κ2) is 9.38. The fraction of sp³-hybridized carbons (Fsp3) is 0.240. The van der Waals surface area contributed by atoms with Crippen LogP contribution in [-0.4, -0.2) is 45.6 Å². The summed E-state index contributed by atoms with van der Waals surface area (Å²) in [7, 11) is 1.56. The third kappa shape index (κ3) is 4.42. The van der Waals surface area contributed by atoms with E-state index in [0.29, 0.717) is 46.8 Å². The van der Waals surface area contributed by atoms with Crippen LogP contribution >= 0.6 is 0 Å². The van der Waals surface area contributed by atoms with E-state index in [1.807, 2.05) is 13.0 Å². The molecule has 0 saturated carbocycles. The number of aromatic nitrogens is 3. The summed E-state index contributed by atoms with van der Waals surface area (Å²) < 4.78 is 21.4. The first kappa shape index (κ1) is 22.4. The summed E-state index contributed by atoms with van der Waals surface area (Å²) in [6, 6.07) is 15.3. The van der Waals surface area contributed by atoms with E-state index in [1.165, 1.54) is 6.07 Å².